The average molecular weight is 327 g/mol. The molecule has 0 amide bonds. The molecule has 1 nitrogen and oxygen atoms in total. The van der Waals surface area contributed by atoms with E-state index < -0.39 is 0 Å². The maximum Gasteiger partial charge on any atom is 0.0178 e. The molecular weight excluding hydrogens is 302 g/mol. The summed E-state index contributed by atoms with van der Waals surface area (Å²) < 4.78 is 0. The predicted molar refractivity (Wildman–Crippen MR) is 108 cm³/mol. The predicted octanol–water partition coefficient (Wildman–Crippen LogP) is 5.82. The molecule has 126 valence electrons. The van der Waals surface area contributed by atoms with E-state index in [1.165, 1.54) is 33.4 Å². The highest BCUT2D eigenvalue weighted by atomic mass is 14.5. The number of hydrogen-bond donors (Lipinski definition) is 1. The molecular formula is C24H25N. The highest BCUT2D eigenvalue weighted by Gasteiger charge is 2.12. The lowest BCUT2D eigenvalue weighted by atomic mass is 9.87. The van der Waals surface area contributed by atoms with Crippen molar-refractivity contribution in [3.63, 3.8) is 0 Å². The Hall–Kier alpha value is -2.64. The minimum absolute atomic E-state index is 0.573. The molecule has 0 unspecified atom stereocenters. The summed E-state index contributed by atoms with van der Waals surface area (Å²) in [7, 11) is 0. The van der Waals surface area contributed by atoms with Crippen molar-refractivity contribution in [2.45, 2.75) is 26.8 Å². The molecule has 2 N–H and O–H groups in total. The second kappa shape index (κ2) is 7.96. The summed E-state index contributed by atoms with van der Waals surface area (Å²) >= 11 is 0. The largest absolute Gasteiger partial charge is 0.326 e. The van der Waals surface area contributed by atoms with E-state index in [2.05, 4.69) is 92.7 Å². The SMILES string of the molecule is CC/C(=C(/c1ccc(C)cc1)c1ccc(CN)cc1)c1ccccc1. The minimum atomic E-state index is 0.573. The van der Waals surface area contributed by atoms with Crippen LogP contribution >= 0.6 is 0 Å². The Morgan fingerprint density at radius 3 is 1.80 bits per heavy atom. The Morgan fingerprint density at radius 2 is 1.28 bits per heavy atom. The smallest absolute Gasteiger partial charge is 0.0178 e. The fourth-order valence-electron chi connectivity index (χ4n) is 3.21. The van der Waals surface area contributed by atoms with Crippen LogP contribution in [0.5, 0.6) is 0 Å². The number of benzene rings is 3. The van der Waals surface area contributed by atoms with E-state index in [9.17, 15) is 0 Å². The third-order valence-corrected chi connectivity index (χ3v) is 4.60. The van der Waals surface area contributed by atoms with Crippen molar-refractivity contribution >= 4 is 11.1 Å². The van der Waals surface area contributed by atoms with Gasteiger partial charge in [0, 0.05) is 6.54 Å². The lowest BCUT2D eigenvalue weighted by molar-refractivity contribution is 1.07. The van der Waals surface area contributed by atoms with Crippen LogP contribution < -0.4 is 5.73 Å². The van der Waals surface area contributed by atoms with Crippen molar-refractivity contribution in [2.75, 3.05) is 0 Å². The molecule has 0 bridgehead atoms. The quantitative estimate of drug-likeness (QED) is 0.587. The van der Waals surface area contributed by atoms with Gasteiger partial charge in [-0.2, -0.15) is 0 Å². The lowest BCUT2D eigenvalue weighted by Gasteiger charge is -2.17. The summed E-state index contributed by atoms with van der Waals surface area (Å²) in [6, 6.07) is 28.1. The van der Waals surface area contributed by atoms with Gasteiger partial charge in [-0.15, -0.1) is 0 Å². The molecule has 25 heavy (non-hydrogen) atoms. The summed E-state index contributed by atoms with van der Waals surface area (Å²) in [5.74, 6) is 0. The van der Waals surface area contributed by atoms with Crippen molar-refractivity contribution in [3.05, 3.63) is 107 Å². The fourth-order valence-corrected chi connectivity index (χ4v) is 3.21. The maximum absolute atomic E-state index is 5.77. The molecule has 0 atom stereocenters. The molecule has 0 aliphatic carbocycles. The van der Waals surface area contributed by atoms with E-state index >= 15 is 0 Å². The van der Waals surface area contributed by atoms with Crippen LogP contribution in [0.2, 0.25) is 0 Å². The van der Waals surface area contributed by atoms with E-state index in [4.69, 9.17) is 5.73 Å². The van der Waals surface area contributed by atoms with Gasteiger partial charge in [0.1, 0.15) is 0 Å². The first-order chi connectivity index (χ1) is 12.2. The highest BCUT2D eigenvalue weighted by Crippen LogP contribution is 2.34. The number of aryl methyl sites for hydroxylation is 1. The lowest BCUT2D eigenvalue weighted by Crippen LogP contribution is -1.98. The van der Waals surface area contributed by atoms with Gasteiger partial charge in [0.2, 0.25) is 0 Å². The van der Waals surface area contributed by atoms with Crippen LogP contribution in [0.3, 0.4) is 0 Å². The van der Waals surface area contributed by atoms with Crippen LogP contribution in [0.1, 0.15) is 41.2 Å². The fraction of sp³-hybridized carbons (Fsp3) is 0.167. The molecule has 0 saturated heterocycles. The molecule has 0 aliphatic rings. The number of nitrogens with two attached hydrogens (primary N) is 1. The van der Waals surface area contributed by atoms with Crippen LogP contribution in [0.15, 0.2) is 78.9 Å². The normalized spacial score (nSPS) is 12.0. The van der Waals surface area contributed by atoms with Gasteiger partial charge in [0.05, 0.1) is 0 Å². The Kier molecular flexibility index (Phi) is 5.47. The van der Waals surface area contributed by atoms with Crippen molar-refractivity contribution < 1.29 is 0 Å². The summed E-state index contributed by atoms with van der Waals surface area (Å²) in [5.41, 5.74) is 14.6. The van der Waals surface area contributed by atoms with E-state index in [1.807, 2.05) is 0 Å². The topological polar surface area (TPSA) is 26.0 Å². The Labute approximate surface area is 150 Å². The zero-order chi connectivity index (χ0) is 17.6. The third kappa shape index (κ3) is 3.89. The first-order valence-electron chi connectivity index (χ1n) is 8.88. The standard InChI is InChI=1S/C24H25N/c1-3-23(20-7-5-4-6-8-20)24(21-13-9-18(2)10-14-21)22-15-11-19(17-25)12-16-22/h4-16H,3,17,25H2,1-2H3/b24-23+. The summed E-state index contributed by atoms with van der Waals surface area (Å²) in [4.78, 5) is 0. The Bertz CT molecular complexity index is 841. The van der Waals surface area contributed by atoms with Crippen molar-refractivity contribution in [3.8, 4) is 0 Å². The second-order valence-electron chi connectivity index (χ2n) is 6.34. The van der Waals surface area contributed by atoms with Gasteiger partial charge in [-0.05, 0) is 46.7 Å². The van der Waals surface area contributed by atoms with Crippen molar-refractivity contribution in [1.82, 2.24) is 0 Å². The molecule has 0 spiro atoms. The molecule has 0 heterocycles. The summed E-state index contributed by atoms with van der Waals surface area (Å²) in [5, 5.41) is 0. The van der Waals surface area contributed by atoms with Crippen LogP contribution in [-0.4, -0.2) is 0 Å². The second-order valence-corrected chi connectivity index (χ2v) is 6.34. The zero-order valence-electron chi connectivity index (χ0n) is 15.0. The Balaban J connectivity index is 2.23. The van der Waals surface area contributed by atoms with E-state index in [0.29, 0.717) is 6.54 Å². The molecule has 0 fully saturated rings. The van der Waals surface area contributed by atoms with Crippen LogP contribution in [0.25, 0.3) is 11.1 Å². The van der Waals surface area contributed by atoms with E-state index in [-0.39, 0.29) is 0 Å². The maximum atomic E-state index is 5.77. The third-order valence-electron chi connectivity index (χ3n) is 4.60. The van der Waals surface area contributed by atoms with Crippen molar-refractivity contribution in [2.24, 2.45) is 5.73 Å². The van der Waals surface area contributed by atoms with Gasteiger partial charge >= 0.3 is 0 Å². The number of hydrogen-bond acceptors (Lipinski definition) is 1. The van der Waals surface area contributed by atoms with Gasteiger partial charge in [-0.1, -0.05) is 91.3 Å². The van der Waals surface area contributed by atoms with E-state index in [1.54, 1.807) is 0 Å². The summed E-state index contributed by atoms with van der Waals surface area (Å²) in [6.45, 7) is 4.93. The molecule has 1 heteroatoms. The van der Waals surface area contributed by atoms with Crippen LogP contribution in [-0.2, 0) is 6.54 Å². The van der Waals surface area contributed by atoms with Crippen LogP contribution in [0.4, 0.5) is 0 Å². The first kappa shape index (κ1) is 17.2. The van der Waals surface area contributed by atoms with Gasteiger partial charge in [0.15, 0.2) is 0 Å². The minimum Gasteiger partial charge on any atom is -0.326 e. The molecule has 0 saturated carbocycles. The molecule has 0 aromatic heterocycles. The van der Waals surface area contributed by atoms with Gasteiger partial charge in [-0.3, -0.25) is 0 Å². The first-order valence-corrected chi connectivity index (χ1v) is 8.88. The van der Waals surface area contributed by atoms with E-state index in [0.717, 1.165) is 12.0 Å². The Morgan fingerprint density at radius 1 is 0.720 bits per heavy atom. The van der Waals surface area contributed by atoms with Gasteiger partial charge in [-0.25, -0.2) is 0 Å². The summed E-state index contributed by atoms with van der Waals surface area (Å²) in [6.07, 6.45) is 0.978. The molecule has 3 aromatic carbocycles. The monoisotopic (exact) mass is 327 g/mol. The zero-order valence-corrected chi connectivity index (χ0v) is 15.0. The van der Waals surface area contributed by atoms with Crippen molar-refractivity contribution in [1.29, 1.82) is 0 Å². The highest BCUT2D eigenvalue weighted by molar-refractivity contribution is 5.98. The van der Waals surface area contributed by atoms with Gasteiger partial charge in [0.25, 0.3) is 0 Å². The molecule has 0 aliphatic heterocycles. The number of allylic oxidation sites excluding steroid dienone is 1. The van der Waals surface area contributed by atoms with Crippen LogP contribution in [0, 0.1) is 6.92 Å². The molecule has 3 aromatic rings. The molecule has 0 radical (unpaired) electrons. The van der Waals surface area contributed by atoms with Gasteiger partial charge < -0.3 is 5.73 Å². The molecule has 3 rings (SSSR count). The average Bonchev–Trinajstić information content (AvgIpc) is 2.68. The number of rotatable bonds is 5.